The lowest BCUT2D eigenvalue weighted by atomic mass is 9.95. The molecule has 0 unspecified atom stereocenters. The molecule has 0 fully saturated rings. The van der Waals surface area contributed by atoms with Crippen molar-refractivity contribution in [3.05, 3.63) is 58.9 Å². The van der Waals surface area contributed by atoms with Crippen molar-refractivity contribution in [1.82, 2.24) is 0 Å². The minimum atomic E-state index is -0.542. The van der Waals surface area contributed by atoms with Gasteiger partial charge in [0, 0.05) is 16.7 Å². The Kier molecular flexibility index (Phi) is 5.24. The number of hydrogen-bond acceptors (Lipinski definition) is 2. The monoisotopic (exact) mass is 348 g/mol. The number of carbonyl (C=O) groups excluding carboxylic acids is 2. The fraction of sp³-hybridized carbons (Fsp3) is 0.222. The Morgan fingerprint density at radius 2 is 1.75 bits per heavy atom. The van der Waals surface area contributed by atoms with Crippen LogP contribution in [0, 0.1) is 11.2 Å². The van der Waals surface area contributed by atoms with Crippen molar-refractivity contribution in [3.8, 4) is 0 Å². The maximum atomic E-state index is 13.0. The molecule has 2 aromatic carbocycles. The molecular weight excluding hydrogens is 331 g/mol. The molecule has 0 aliphatic heterocycles. The number of hydrogen-bond donors (Lipinski definition) is 2. The second-order valence-corrected chi connectivity index (χ2v) is 6.77. The molecule has 0 aliphatic rings. The maximum absolute atomic E-state index is 13.0. The van der Waals surface area contributed by atoms with Gasteiger partial charge in [-0.3, -0.25) is 9.59 Å². The van der Waals surface area contributed by atoms with Gasteiger partial charge >= 0.3 is 0 Å². The lowest BCUT2D eigenvalue weighted by Gasteiger charge is -2.18. The molecule has 126 valence electrons. The van der Waals surface area contributed by atoms with Crippen LogP contribution >= 0.6 is 11.6 Å². The lowest BCUT2D eigenvalue weighted by molar-refractivity contribution is -0.123. The van der Waals surface area contributed by atoms with Gasteiger partial charge in [-0.25, -0.2) is 4.39 Å². The van der Waals surface area contributed by atoms with Crippen LogP contribution in [-0.4, -0.2) is 11.8 Å². The van der Waals surface area contributed by atoms with E-state index in [2.05, 4.69) is 10.6 Å². The Balaban J connectivity index is 2.16. The highest BCUT2D eigenvalue weighted by molar-refractivity contribution is 6.33. The third-order valence-corrected chi connectivity index (χ3v) is 3.56. The molecule has 0 aromatic heterocycles. The third kappa shape index (κ3) is 4.55. The van der Waals surface area contributed by atoms with E-state index in [1.54, 1.807) is 45.0 Å². The van der Waals surface area contributed by atoms with Crippen molar-refractivity contribution < 1.29 is 14.0 Å². The largest absolute Gasteiger partial charge is 0.326 e. The Bertz CT molecular complexity index is 785. The molecule has 0 radical (unpaired) electrons. The van der Waals surface area contributed by atoms with Crippen LogP contribution in [0.1, 0.15) is 31.1 Å². The van der Waals surface area contributed by atoms with E-state index in [0.29, 0.717) is 16.9 Å². The van der Waals surface area contributed by atoms with Gasteiger partial charge in [-0.1, -0.05) is 38.4 Å². The summed E-state index contributed by atoms with van der Waals surface area (Å²) in [4.78, 5) is 24.3. The molecule has 0 heterocycles. The van der Waals surface area contributed by atoms with Crippen molar-refractivity contribution in [2.75, 3.05) is 10.6 Å². The maximum Gasteiger partial charge on any atom is 0.255 e. The van der Waals surface area contributed by atoms with Gasteiger partial charge in [-0.2, -0.15) is 0 Å². The average molecular weight is 349 g/mol. The topological polar surface area (TPSA) is 58.2 Å². The van der Waals surface area contributed by atoms with Gasteiger partial charge in [-0.05, 0) is 36.4 Å². The molecule has 6 heteroatoms. The van der Waals surface area contributed by atoms with Gasteiger partial charge < -0.3 is 10.6 Å². The average Bonchev–Trinajstić information content (AvgIpc) is 2.49. The van der Waals surface area contributed by atoms with Crippen LogP contribution in [0.5, 0.6) is 0 Å². The first kappa shape index (κ1) is 17.9. The number of rotatable bonds is 3. The highest BCUT2D eigenvalue weighted by atomic mass is 35.5. The van der Waals surface area contributed by atoms with Crippen LogP contribution in [0.3, 0.4) is 0 Å². The molecule has 0 aliphatic carbocycles. The summed E-state index contributed by atoms with van der Waals surface area (Å²) in [5, 5.41) is 5.49. The van der Waals surface area contributed by atoms with Crippen LogP contribution in [0.15, 0.2) is 42.5 Å². The number of carbonyl (C=O) groups is 2. The van der Waals surface area contributed by atoms with Gasteiger partial charge in [0.15, 0.2) is 0 Å². The molecule has 0 bridgehead atoms. The molecule has 2 N–H and O–H groups in total. The Hall–Kier alpha value is -2.40. The smallest absolute Gasteiger partial charge is 0.255 e. The Morgan fingerprint density at radius 3 is 2.38 bits per heavy atom. The van der Waals surface area contributed by atoms with Crippen molar-refractivity contribution >= 4 is 34.8 Å². The highest BCUT2D eigenvalue weighted by Crippen LogP contribution is 2.24. The summed E-state index contributed by atoms with van der Waals surface area (Å²) in [6.07, 6.45) is 0. The summed E-state index contributed by atoms with van der Waals surface area (Å²) in [7, 11) is 0. The van der Waals surface area contributed by atoms with E-state index in [9.17, 15) is 14.0 Å². The molecule has 2 aromatic rings. The van der Waals surface area contributed by atoms with Crippen LogP contribution in [-0.2, 0) is 4.79 Å². The van der Waals surface area contributed by atoms with E-state index in [4.69, 9.17) is 11.6 Å². The van der Waals surface area contributed by atoms with Crippen molar-refractivity contribution in [2.24, 2.45) is 5.41 Å². The first-order valence-electron chi connectivity index (χ1n) is 7.35. The normalized spacial score (nSPS) is 11.0. The molecule has 0 saturated heterocycles. The number of nitrogens with one attached hydrogen (secondary N) is 2. The van der Waals surface area contributed by atoms with E-state index in [-0.39, 0.29) is 10.9 Å². The summed E-state index contributed by atoms with van der Waals surface area (Å²) in [5.41, 5.74) is 0.641. The van der Waals surface area contributed by atoms with Crippen molar-refractivity contribution in [3.63, 3.8) is 0 Å². The molecular formula is C18H18ClFN2O2. The summed E-state index contributed by atoms with van der Waals surface area (Å²) >= 11 is 5.90. The minimum absolute atomic E-state index is 0.112. The zero-order chi connectivity index (χ0) is 17.9. The Morgan fingerprint density at radius 1 is 1.04 bits per heavy atom. The van der Waals surface area contributed by atoms with E-state index < -0.39 is 17.1 Å². The second-order valence-electron chi connectivity index (χ2n) is 6.36. The van der Waals surface area contributed by atoms with Gasteiger partial charge in [0.1, 0.15) is 5.82 Å². The second kappa shape index (κ2) is 7.01. The first-order chi connectivity index (χ1) is 11.2. The molecule has 2 rings (SSSR count). The van der Waals surface area contributed by atoms with E-state index in [1.165, 1.54) is 12.1 Å². The summed E-state index contributed by atoms with van der Waals surface area (Å²) in [5.74, 6) is -1.04. The minimum Gasteiger partial charge on any atom is -0.326 e. The zero-order valence-electron chi connectivity index (χ0n) is 13.6. The number of anilines is 2. The molecule has 24 heavy (non-hydrogen) atoms. The third-order valence-electron chi connectivity index (χ3n) is 3.24. The molecule has 0 atom stereocenters. The van der Waals surface area contributed by atoms with E-state index in [1.807, 2.05) is 0 Å². The van der Waals surface area contributed by atoms with Crippen LogP contribution in [0.4, 0.5) is 15.8 Å². The van der Waals surface area contributed by atoms with Crippen molar-refractivity contribution in [2.45, 2.75) is 20.8 Å². The number of benzene rings is 2. The predicted octanol–water partition coefficient (Wildman–Crippen LogP) is 4.72. The van der Waals surface area contributed by atoms with E-state index in [0.717, 1.165) is 6.07 Å². The van der Waals surface area contributed by atoms with Crippen LogP contribution < -0.4 is 10.6 Å². The van der Waals surface area contributed by atoms with Crippen LogP contribution in [0.25, 0.3) is 0 Å². The van der Waals surface area contributed by atoms with Gasteiger partial charge in [0.25, 0.3) is 5.91 Å². The summed E-state index contributed by atoms with van der Waals surface area (Å²) in [6, 6.07) is 10.3. The number of halogens is 2. The zero-order valence-corrected chi connectivity index (χ0v) is 14.4. The van der Waals surface area contributed by atoms with Gasteiger partial charge in [0.05, 0.1) is 10.7 Å². The van der Waals surface area contributed by atoms with Crippen molar-refractivity contribution in [1.29, 1.82) is 0 Å². The fourth-order valence-electron chi connectivity index (χ4n) is 1.84. The van der Waals surface area contributed by atoms with Crippen LogP contribution in [0.2, 0.25) is 5.02 Å². The quantitative estimate of drug-likeness (QED) is 0.843. The predicted molar refractivity (Wildman–Crippen MR) is 93.9 cm³/mol. The molecule has 2 amide bonds. The first-order valence-corrected chi connectivity index (χ1v) is 7.72. The summed E-state index contributed by atoms with van der Waals surface area (Å²) < 4.78 is 13.0. The van der Waals surface area contributed by atoms with Gasteiger partial charge in [0.2, 0.25) is 5.91 Å². The fourth-order valence-corrected chi connectivity index (χ4v) is 2.06. The Labute approximate surface area is 145 Å². The van der Waals surface area contributed by atoms with E-state index >= 15 is 0 Å². The summed E-state index contributed by atoms with van der Waals surface area (Å²) in [6.45, 7) is 5.40. The molecule has 0 saturated carbocycles. The molecule has 0 spiro atoms. The number of amides is 2. The molecule has 4 nitrogen and oxygen atoms in total. The SMILES string of the molecule is CC(C)(C)C(=O)Nc1cccc(C(=O)Nc2ccc(F)cc2Cl)c1. The standard InChI is InChI=1S/C18H18ClFN2O2/c1-18(2,3)17(24)21-13-6-4-5-11(9-13)16(23)22-15-8-7-12(20)10-14(15)19/h4-10H,1-3H3,(H,21,24)(H,22,23). The van der Waals surface area contributed by atoms with Gasteiger partial charge in [-0.15, -0.1) is 0 Å². The highest BCUT2D eigenvalue weighted by Gasteiger charge is 2.21. The lowest BCUT2D eigenvalue weighted by Crippen LogP contribution is -2.27.